The van der Waals surface area contributed by atoms with Crippen molar-refractivity contribution in [3.05, 3.63) is 17.8 Å². The number of methoxy groups -OCH3 is 1. The van der Waals surface area contributed by atoms with Gasteiger partial charge in [0.2, 0.25) is 0 Å². The Labute approximate surface area is 95.3 Å². The van der Waals surface area contributed by atoms with E-state index in [1.807, 2.05) is 13.8 Å². The number of hydrogen-bond donors (Lipinski definition) is 1. The first-order valence-electron chi connectivity index (χ1n) is 5.43. The molecule has 0 amide bonds. The lowest BCUT2D eigenvalue weighted by molar-refractivity contribution is 0.191. The predicted octanol–water partition coefficient (Wildman–Crippen LogP) is 2.01. The van der Waals surface area contributed by atoms with Gasteiger partial charge >= 0.3 is 0 Å². The van der Waals surface area contributed by atoms with Crippen LogP contribution >= 0.6 is 0 Å². The van der Waals surface area contributed by atoms with Gasteiger partial charge in [-0.25, -0.2) is 14.4 Å². The van der Waals surface area contributed by atoms with Crippen LogP contribution in [0.4, 0.5) is 10.2 Å². The molecule has 1 rings (SSSR count). The van der Waals surface area contributed by atoms with Crippen molar-refractivity contribution in [1.29, 1.82) is 0 Å². The molecule has 0 fully saturated rings. The minimum atomic E-state index is -0.353. The van der Waals surface area contributed by atoms with Crippen LogP contribution in [0, 0.1) is 5.82 Å². The van der Waals surface area contributed by atoms with E-state index in [2.05, 4.69) is 15.3 Å². The van der Waals surface area contributed by atoms with Gasteiger partial charge in [-0.15, -0.1) is 0 Å². The molecule has 0 radical (unpaired) electrons. The van der Waals surface area contributed by atoms with Crippen molar-refractivity contribution in [2.24, 2.45) is 0 Å². The van der Waals surface area contributed by atoms with Gasteiger partial charge in [0.1, 0.15) is 6.33 Å². The average molecular weight is 227 g/mol. The van der Waals surface area contributed by atoms with E-state index in [1.54, 1.807) is 7.11 Å². The van der Waals surface area contributed by atoms with Gasteiger partial charge in [-0.2, -0.15) is 0 Å². The number of aryl methyl sites for hydroxylation is 1. The third kappa shape index (κ3) is 3.41. The molecular weight excluding hydrogens is 209 g/mol. The Morgan fingerprint density at radius 2 is 2.25 bits per heavy atom. The highest BCUT2D eigenvalue weighted by atomic mass is 19.1. The number of ether oxygens (including phenoxy) is 1. The van der Waals surface area contributed by atoms with Crippen LogP contribution in [0.2, 0.25) is 0 Å². The minimum absolute atomic E-state index is 0.119. The molecule has 0 saturated carbocycles. The van der Waals surface area contributed by atoms with E-state index >= 15 is 0 Å². The van der Waals surface area contributed by atoms with Gasteiger partial charge in [0.25, 0.3) is 0 Å². The third-order valence-corrected chi connectivity index (χ3v) is 2.33. The highest BCUT2D eigenvalue weighted by Crippen LogP contribution is 2.14. The van der Waals surface area contributed by atoms with Crippen molar-refractivity contribution < 1.29 is 9.13 Å². The van der Waals surface area contributed by atoms with E-state index in [-0.39, 0.29) is 17.7 Å². The van der Waals surface area contributed by atoms with Crippen molar-refractivity contribution in [2.45, 2.75) is 32.7 Å². The number of hydrogen-bond acceptors (Lipinski definition) is 4. The summed E-state index contributed by atoms with van der Waals surface area (Å²) in [6.07, 6.45) is 2.75. The summed E-state index contributed by atoms with van der Waals surface area (Å²) in [5.41, 5.74) is 0.441. The van der Waals surface area contributed by atoms with Crippen LogP contribution in [0.5, 0.6) is 0 Å². The van der Waals surface area contributed by atoms with E-state index in [1.165, 1.54) is 6.33 Å². The molecule has 0 bridgehead atoms. The summed E-state index contributed by atoms with van der Waals surface area (Å²) in [4.78, 5) is 7.77. The first kappa shape index (κ1) is 12.8. The molecule has 1 N–H and O–H groups in total. The summed E-state index contributed by atoms with van der Waals surface area (Å²) in [5, 5.41) is 3.01. The molecule has 4 nitrogen and oxygen atoms in total. The molecule has 1 atom stereocenters. The van der Waals surface area contributed by atoms with Gasteiger partial charge in [0.15, 0.2) is 11.6 Å². The van der Waals surface area contributed by atoms with E-state index in [9.17, 15) is 4.39 Å². The second kappa shape index (κ2) is 6.37. The molecule has 0 aliphatic carbocycles. The zero-order valence-corrected chi connectivity index (χ0v) is 9.96. The summed E-state index contributed by atoms with van der Waals surface area (Å²) >= 11 is 0. The van der Waals surface area contributed by atoms with Crippen LogP contribution in [-0.4, -0.2) is 29.7 Å². The molecular formula is C11H18FN3O. The Bertz CT molecular complexity index is 333. The summed E-state index contributed by atoms with van der Waals surface area (Å²) in [6.45, 7) is 4.47. The number of nitrogens with zero attached hydrogens (tertiary/aromatic N) is 2. The molecule has 5 heteroatoms. The summed E-state index contributed by atoms with van der Waals surface area (Å²) < 4.78 is 18.7. The molecule has 0 saturated heterocycles. The first-order valence-corrected chi connectivity index (χ1v) is 5.43. The maximum atomic E-state index is 13.7. The van der Waals surface area contributed by atoms with Crippen LogP contribution in [0.1, 0.15) is 26.0 Å². The lowest BCUT2D eigenvalue weighted by Crippen LogP contribution is -2.19. The van der Waals surface area contributed by atoms with E-state index in [4.69, 9.17) is 4.74 Å². The van der Waals surface area contributed by atoms with Crippen molar-refractivity contribution in [3.8, 4) is 0 Å². The fourth-order valence-corrected chi connectivity index (χ4v) is 1.35. The Kier molecular flexibility index (Phi) is 5.11. The monoisotopic (exact) mass is 227 g/mol. The Morgan fingerprint density at radius 1 is 1.50 bits per heavy atom. The first-order chi connectivity index (χ1) is 7.69. The maximum absolute atomic E-state index is 13.7. The molecule has 0 aromatic carbocycles. The zero-order valence-electron chi connectivity index (χ0n) is 9.96. The smallest absolute Gasteiger partial charge is 0.186 e. The van der Waals surface area contributed by atoms with Crippen molar-refractivity contribution in [1.82, 2.24) is 9.97 Å². The molecule has 90 valence electrons. The molecule has 0 aliphatic rings. The second-order valence-corrected chi connectivity index (χ2v) is 3.66. The fraction of sp³-hybridized carbons (Fsp3) is 0.636. The van der Waals surface area contributed by atoms with Crippen LogP contribution in [0.25, 0.3) is 0 Å². The standard InChI is InChI=1S/C11H18FN3O/c1-4-9-10(12)11(14-7-13-9)15-8(2)5-6-16-3/h7-8H,4-6H2,1-3H3,(H,13,14,15). The van der Waals surface area contributed by atoms with Gasteiger partial charge in [-0.3, -0.25) is 0 Å². The van der Waals surface area contributed by atoms with Crippen molar-refractivity contribution in [2.75, 3.05) is 19.0 Å². The molecule has 1 heterocycles. The quantitative estimate of drug-likeness (QED) is 0.807. The Hall–Kier alpha value is -1.23. The van der Waals surface area contributed by atoms with Crippen molar-refractivity contribution >= 4 is 5.82 Å². The fourth-order valence-electron chi connectivity index (χ4n) is 1.35. The van der Waals surface area contributed by atoms with E-state index < -0.39 is 0 Å². The van der Waals surface area contributed by atoms with Gasteiger partial charge in [0, 0.05) is 19.8 Å². The number of rotatable bonds is 6. The highest BCUT2D eigenvalue weighted by Gasteiger charge is 2.11. The van der Waals surface area contributed by atoms with Gasteiger partial charge in [-0.05, 0) is 19.8 Å². The minimum Gasteiger partial charge on any atom is -0.385 e. The summed E-state index contributed by atoms with van der Waals surface area (Å²) in [5.74, 6) is -0.0790. The Morgan fingerprint density at radius 3 is 2.88 bits per heavy atom. The van der Waals surface area contributed by atoms with Gasteiger partial charge in [-0.1, -0.05) is 6.92 Å². The molecule has 0 spiro atoms. The van der Waals surface area contributed by atoms with Gasteiger partial charge in [0.05, 0.1) is 5.69 Å². The SMILES string of the molecule is CCc1ncnc(NC(C)CCOC)c1F. The topological polar surface area (TPSA) is 47.0 Å². The lowest BCUT2D eigenvalue weighted by atomic mass is 10.2. The lowest BCUT2D eigenvalue weighted by Gasteiger charge is -2.14. The van der Waals surface area contributed by atoms with E-state index in [0.29, 0.717) is 18.7 Å². The van der Waals surface area contributed by atoms with E-state index in [0.717, 1.165) is 6.42 Å². The van der Waals surface area contributed by atoms with Crippen LogP contribution in [0.15, 0.2) is 6.33 Å². The van der Waals surface area contributed by atoms with Crippen LogP contribution < -0.4 is 5.32 Å². The number of aromatic nitrogens is 2. The highest BCUT2D eigenvalue weighted by molar-refractivity contribution is 5.38. The second-order valence-electron chi connectivity index (χ2n) is 3.66. The van der Waals surface area contributed by atoms with Crippen LogP contribution in [-0.2, 0) is 11.2 Å². The van der Waals surface area contributed by atoms with Crippen LogP contribution in [0.3, 0.4) is 0 Å². The zero-order chi connectivity index (χ0) is 12.0. The molecule has 1 unspecified atom stereocenters. The maximum Gasteiger partial charge on any atom is 0.186 e. The van der Waals surface area contributed by atoms with Gasteiger partial charge < -0.3 is 10.1 Å². The number of nitrogens with one attached hydrogen (secondary N) is 1. The number of halogens is 1. The van der Waals surface area contributed by atoms with Crippen molar-refractivity contribution in [3.63, 3.8) is 0 Å². The molecule has 1 aromatic heterocycles. The molecule has 1 aromatic rings. The normalized spacial score (nSPS) is 12.5. The molecule has 16 heavy (non-hydrogen) atoms. The summed E-state index contributed by atoms with van der Waals surface area (Å²) in [6, 6.07) is 0.119. The third-order valence-electron chi connectivity index (χ3n) is 2.33. The number of anilines is 1. The average Bonchev–Trinajstić information content (AvgIpc) is 2.29. The predicted molar refractivity (Wildman–Crippen MR) is 60.9 cm³/mol. The Balaban J connectivity index is 2.66. The molecule has 0 aliphatic heterocycles. The summed E-state index contributed by atoms with van der Waals surface area (Å²) in [7, 11) is 1.65. The largest absolute Gasteiger partial charge is 0.385 e.